The fraction of sp³-hybridized carbons (Fsp3) is 0.320. The summed E-state index contributed by atoms with van der Waals surface area (Å²) in [7, 11) is 3.85. The monoisotopic (exact) mass is 443 g/mol. The quantitative estimate of drug-likeness (QED) is 0.338. The van der Waals surface area contributed by atoms with Gasteiger partial charge in [-0.05, 0) is 55.6 Å². The van der Waals surface area contributed by atoms with Crippen molar-refractivity contribution in [1.82, 2.24) is 4.90 Å². The van der Waals surface area contributed by atoms with E-state index < -0.39 is 5.79 Å². The van der Waals surface area contributed by atoms with Gasteiger partial charge in [0.25, 0.3) is 5.79 Å². The zero-order chi connectivity index (χ0) is 21.6. The van der Waals surface area contributed by atoms with Crippen LogP contribution in [0.4, 0.5) is 0 Å². The lowest BCUT2D eigenvalue weighted by atomic mass is 10.00. The van der Waals surface area contributed by atoms with E-state index in [1.54, 1.807) is 0 Å². The number of rotatable bonds is 9. The summed E-state index contributed by atoms with van der Waals surface area (Å²) in [6.07, 6.45) is 0. The third kappa shape index (κ3) is 6.44. The third-order valence-electron chi connectivity index (χ3n) is 4.71. The first-order valence-corrected chi connectivity index (χ1v) is 10.1. The third-order valence-corrected chi connectivity index (χ3v) is 4.71. The minimum Gasteiger partial charge on any atom is -0.489 e. The van der Waals surface area contributed by atoms with Gasteiger partial charge < -0.3 is 19.1 Å². The minimum atomic E-state index is -1.15. The normalized spacial score (nSPS) is 12.8. The first-order valence-electron chi connectivity index (χ1n) is 10.1. The maximum absolute atomic E-state index is 11.8. The Morgan fingerprint density at radius 3 is 2.29 bits per heavy atom. The van der Waals surface area contributed by atoms with E-state index >= 15 is 0 Å². The van der Waals surface area contributed by atoms with Crippen LogP contribution in [0, 0.1) is 0 Å². The number of hydrogen-bond donors (Lipinski definition) is 0. The topological polar surface area (TPSA) is 48.0 Å². The highest BCUT2D eigenvalue weighted by Gasteiger charge is 2.37. The molecule has 0 N–H and O–H groups in total. The molecule has 0 aliphatic heterocycles. The van der Waals surface area contributed by atoms with Gasteiger partial charge in [0.15, 0.2) is 0 Å². The predicted molar refractivity (Wildman–Crippen MR) is 126 cm³/mol. The van der Waals surface area contributed by atoms with Crippen molar-refractivity contribution in [2.24, 2.45) is 0 Å². The molecule has 3 rings (SSSR count). The lowest BCUT2D eigenvalue weighted by Crippen LogP contribution is -2.43. The predicted octanol–water partition coefficient (Wildman–Crippen LogP) is 5.15. The average Bonchev–Trinajstić information content (AvgIpc) is 2.71. The fourth-order valence-electron chi connectivity index (χ4n) is 3.51. The standard InChI is InChI=1S/C25H29NO4.ClH/c1-5-29-25(18-26(3)4,30-19(2)27)23-13-11-22-16-24(14-12-21(22)15-23)28-17-20-9-7-6-8-10-20;/h6-16H,5,17-18H2,1-4H3;1H. The first-order chi connectivity index (χ1) is 14.4. The summed E-state index contributed by atoms with van der Waals surface area (Å²) in [5.41, 5.74) is 1.93. The number of halogens is 1. The maximum Gasteiger partial charge on any atom is 0.305 e. The summed E-state index contributed by atoms with van der Waals surface area (Å²) in [6.45, 7) is 4.66. The molecule has 0 bridgehead atoms. The first kappa shape index (κ1) is 24.7. The summed E-state index contributed by atoms with van der Waals surface area (Å²) in [6, 6.07) is 22.0. The van der Waals surface area contributed by atoms with E-state index in [4.69, 9.17) is 14.2 Å². The smallest absolute Gasteiger partial charge is 0.305 e. The highest BCUT2D eigenvalue weighted by atomic mass is 35.5. The van der Waals surface area contributed by atoms with Gasteiger partial charge in [-0.2, -0.15) is 0 Å². The van der Waals surface area contributed by atoms with Crippen LogP contribution < -0.4 is 4.74 Å². The summed E-state index contributed by atoms with van der Waals surface area (Å²) in [5.74, 6) is -0.723. The Balaban J connectivity index is 0.00000341. The van der Waals surface area contributed by atoms with Crippen LogP contribution in [0.5, 0.6) is 5.75 Å². The van der Waals surface area contributed by atoms with Gasteiger partial charge in [-0.1, -0.05) is 48.5 Å². The Morgan fingerprint density at radius 2 is 1.65 bits per heavy atom. The number of nitrogens with zero attached hydrogens (tertiary/aromatic N) is 1. The van der Waals surface area contributed by atoms with Crippen molar-refractivity contribution in [3.63, 3.8) is 0 Å². The molecule has 5 nitrogen and oxygen atoms in total. The van der Waals surface area contributed by atoms with Gasteiger partial charge in [-0.3, -0.25) is 4.79 Å². The van der Waals surface area contributed by atoms with E-state index in [2.05, 4.69) is 0 Å². The van der Waals surface area contributed by atoms with Crippen molar-refractivity contribution in [1.29, 1.82) is 0 Å². The molecule has 0 aromatic heterocycles. The van der Waals surface area contributed by atoms with E-state index in [0.717, 1.165) is 27.6 Å². The summed E-state index contributed by atoms with van der Waals surface area (Å²) >= 11 is 0. The van der Waals surface area contributed by atoms with Gasteiger partial charge in [0.05, 0.1) is 6.54 Å². The van der Waals surface area contributed by atoms with Gasteiger partial charge in [-0.15, -0.1) is 12.4 Å². The molecule has 3 aromatic carbocycles. The molecule has 0 saturated carbocycles. The van der Waals surface area contributed by atoms with Crippen molar-refractivity contribution in [2.45, 2.75) is 26.2 Å². The van der Waals surface area contributed by atoms with Crippen molar-refractivity contribution in [3.05, 3.63) is 77.9 Å². The molecule has 3 aromatic rings. The molecule has 0 aliphatic rings. The van der Waals surface area contributed by atoms with Crippen LogP contribution in [0.2, 0.25) is 0 Å². The van der Waals surface area contributed by atoms with E-state index in [1.165, 1.54) is 6.92 Å². The molecule has 166 valence electrons. The molecule has 1 unspecified atom stereocenters. The molecular formula is C25H30ClNO4. The zero-order valence-electron chi connectivity index (χ0n) is 18.5. The molecule has 1 atom stereocenters. The van der Waals surface area contributed by atoms with Crippen LogP contribution in [-0.2, 0) is 26.7 Å². The van der Waals surface area contributed by atoms with Gasteiger partial charge in [0, 0.05) is 19.1 Å². The molecule has 0 radical (unpaired) electrons. The molecular weight excluding hydrogens is 414 g/mol. The lowest BCUT2D eigenvalue weighted by Gasteiger charge is -2.35. The van der Waals surface area contributed by atoms with Crippen LogP contribution in [0.1, 0.15) is 25.0 Å². The van der Waals surface area contributed by atoms with Crippen molar-refractivity contribution in [2.75, 3.05) is 27.2 Å². The number of carbonyl (C=O) groups is 1. The fourth-order valence-corrected chi connectivity index (χ4v) is 3.51. The number of carbonyl (C=O) groups excluding carboxylic acids is 1. The molecule has 0 aliphatic carbocycles. The minimum absolute atomic E-state index is 0. The van der Waals surface area contributed by atoms with E-state index in [0.29, 0.717) is 19.8 Å². The molecule has 0 spiro atoms. The molecule has 0 fully saturated rings. The molecule has 6 heteroatoms. The molecule has 0 amide bonds. The van der Waals surface area contributed by atoms with E-state index in [-0.39, 0.29) is 18.4 Å². The van der Waals surface area contributed by atoms with Gasteiger partial charge >= 0.3 is 5.97 Å². The highest BCUT2D eigenvalue weighted by Crippen LogP contribution is 2.32. The molecule has 31 heavy (non-hydrogen) atoms. The molecule has 0 heterocycles. The summed E-state index contributed by atoms with van der Waals surface area (Å²) < 4.78 is 17.6. The van der Waals surface area contributed by atoms with Crippen molar-refractivity contribution >= 4 is 29.1 Å². The number of fused-ring (bicyclic) bond motifs is 1. The largest absolute Gasteiger partial charge is 0.489 e. The maximum atomic E-state index is 11.8. The Kier molecular flexibility index (Phi) is 8.87. The van der Waals surface area contributed by atoms with Crippen LogP contribution in [0.3, 0.4) is 0 Å². The second-order valence-corrected chi connectivity index (χ2v) is 7.52. The van der Waals surface area contributed by atoms with Gasteiger partial charge in [0.1, 0.15) is 12.4 Å². The highest BCUT2D eigenvalue weighted by molar-refractivity contribution is 5.85. The van der Waals surface area contributed by atoms with Crippen LogP contribution >= 0.6 is 12.4 Å². The zero-order valence-corrected chi connectivity index (χ0v) is 19.3. The summed E-state index contributed by atoms with van der Waals surface area (Å²) in [5, 5.41) is 2.07. The Bertz CT molecular complexity index is 993. The Labute approximate surface area is 190 Å². The van der Waals surface area contributed by atoms with Crippen molar-refractivity contribution < 1.29 is 19.0 Å². The van der Waals surface area contributed by atoms with Crippen molar-refractivity contribution in [3.8, 4) is 5.75 Å². The second kappa shape index (κ2) is 11.1. The number of likely N-dealkylation sites (N-methyl/N-ethyl adjacent to an activating group) is 1. The number of hydrogen-bond acceptors (Lipinski definition) is 5. The summed E-state index contributed by atoms with van der Waals surface area (Å²) in [4.78, 5) is 13.8. The second-order valence-electron chi connectivity index (χ2n) is 7.52. The van der Waals surface area contributed by atoms with E-state index in [9.17, 15) is 4.79 Å². The SMILES string of the molecule is CCOC(CN(C)C)(OC(C)=O)c1ccc2cc(OCc3ccccc3)ccc2c1.Cl. The van der Waals surface area contributed by atoms with Crippen LogP contribution in [-0.4, -0.2) is 38.1 Å². The lowest BCUT2D eigenvalue weighted by molar-refractivity contribution is -0.241. The van der Waals surface area contributed by atoms with Gasteiger partial charge in [0.2, 0.25) is 0 Å². The number of esters is 1. The van der Waals surface area contributed by atoms with E-state index in [1.807, 2.05) is 92.6 Å². The number of ether oxygens (including phenoxy) is 3. The van der Waals surface area contributed by atoms with Crippen LogP contribution in [0.15, 0.2) is 66.7 Å². The molecule has 0 saturated heterocycles. The average molecular weight is 444 g/mol. The number of benzene rings is 3. The Hall–Kier alpha value is -2.60. The Morgan fingerprint density at radius 1 is 0.968 bits per heavy atom. The van der Waals surface area contributed by atoms with Gasteiger partial charge in [-0.25, -0.2) is 0 Å². The van der Waals surface area contributed by atoms with Crippen LogP contribution in [0.25, 0.3) is 10.8 Å².